The summed E-state index contributed by atoms with van der Waals surface area (Å²) in [6, 6.07) is 3.18. The van der Waals surface area contributed by atoms with E-state index in [4.69, 9.17) is 4.74 Å². The number of hydrogen-bond donors (Lipinski definition) is 0. The fraction of sp³-hybridized carbons (Fsp3) is 0.462. The molecule has 0 aromatic carbocycles. The topological polar surface area (TPSA) is 65.5 Å². The standard InChI is InChI=1S/C13H17NO4/c1-13(2,3)18-11(15)7-9-5-6-10(14-8-9)12(16)17-4/h5-6,8H,7H2,1-4H3. The maximum atomic E-state index is 11.6. The van der Waals surface area contributed by atoms with E-state index in [2.05, 4.69) is 9.72 Å². The quantitative estimate of drug-likeness (QED) is 0.766. The van der Waals surface area contributed by atoms with Crippen molar-refractivity contribution in [2.45, 2.75) is 32.8 Å². The molecule has 0 bridgehead atoms. The summed E-state index contributed by atoms with van der Waals surface area (Å²) in [6.45, 7) is 5.43. The van der Waals surface area contributed by atoms with Gasteiger partial charge in [0.25, 0.3) is 0 Å². The number of pyridine rings is 1. The minimum atomic E-state index is -0.504. The van der Waals surface area contributed by atoms with Gasteiger partial charge in [0.1, 0.15) is 11.3 Å². The molecule has 1 aromatic heterocycles. The van der Waals surface area contributed by atoms with Crippen LogP contribution < -0.4 is 0 Å². The summed E-state index contributed by atoms with van der Waals surface area (Å²) < 4.78 is 9.71. The zero-order valence-electron chi connectivity index (χ0n) is 11.0. The average molecular weight is 251 g/mol. The second-order valence-corrected chi connectivity index (χ2v) is 4.81. The van der Waals surface area contributed by atoms with Crippen LogP contribution in [-0.4, -0.2) is 29.6 Å². The van der Waals surface area contributed by atoms with E-state index < -0.39 is 11.6 Å². The van der Waals surface area contributed by atoms with E-state index in [0.29, 0.717) is 5.56 Å². The van der Waals surface area contributed by atoms with Gasteiger partial charge in [-0.05, 0) is 32.4 Å². The van der Waals surface area contributed by atoms with Crippen LogP contribution in [0.15, 0.2) is 18.3 Å². The Kier molecular flexibility index (Phi) is 4.42. The first-order valence-electron chi connectivity index (χ1n) is 5.57. The summed E-state index contributed by atoms with van der Waals surface area (Å²) in [5.74, 6) is -0.825. The van der Waals surface area contributed by atoms with Crippen LogP contribution in [0.25, 0.3) is 0 Å². The molecule has 0 unspecified atom stereocenters. The number of ether oxygens (including phenoxy) is 2. The van der Waals surface area contributed by atoms with Crippen molar-refractivity contribution in [2.75, 3.05) is 7.11 Å². The highest BCUT2D eigenvalue weighted by Gasteiger charge is 2.16. The van der Waals surface area contributed by atoms with Crippen molar-refractivity contribution in [3.8, 4) is 0 Å². The molecule has 5 heteroatoms. The first kappa shape index (κ1) is 14.2. The number of aromatic nitrogens is 1. The number of carbonyl (C=O) groups excluding carboxylic acids is 2. The van der Waals surface area contributed by atoms with Crippen molar-refractivity contribution < 1.29 is 19.1 Å². The van der Waals surface area contributed by atoms with Gasteiger partial charge in [-0.15, -0.1) is 0 Å². The van der Waals surface area contributed by atoms with Crippen LogP contribution in [0.1, 0.15) is 36.8 Å². The van der Waals surface area contributed by atoms with Crippen LogP contribution in [0, 0.1) is 0 Å². The third-order valence-corrected chi connectivity index (χ3v) is 1.99. The lowest BCUT2D eigenvalue weighted by molar-refractivity contribution is -0.153. The Balaban J connectivity index is 2.64. The summed E-state index contributed by atoms with van der Waals surface area (Å²) >= 11 is 0. The van der Waals surface area contributed by atoms with E-state index in [1.54, 1.807) is 6.07 Å². The Morgan fingerprint density at radius 1 is 1.28 bits per heavy atom. The molecule has 5 nitrogen and oxygen atoms in total. The van der Waals surface area contributed by atoms with E-state index >= 15 is 0 Å². The van der Waals surface area contributed by atoms with Crippen molar-refractivity contribution in [1.82, 2.24) is 4.98 Å². The van der Waals surface area contributed by atoms with E-state index in [-0.39, 0.29) is 18.1 Å². The molecule has 98 valence electrons. The predicted molar refractivity (Wildman–Crippen MR) is 65.1 cm³/mol. The van der Waals surface area contributed by atoms with E-state index in [9.17, 15) is 9.59 Å². The first-order chi connectivity index (χ1) is 8.31. The van der Waals surface area contributed by atoms with E-state index in [1.807, 2.05) is 20.8 Å². The molecule has 0 amide bonds. The van der Waals surface area contributed by atoms with Crippen LogP contribution in [-0.2, 0) is 20.7 Å². The summed E-state index contributed by atoms with van der Waals surface area (Å²) in [5, 5.41) is 0. The lowest BCUT2D eigenvalue weighted by Crippen LogP contribution is -2.25. The van der Waals surface area contributed by atoms with Gasteiger partial charge < -0.3 is 9.47 Å². The zero-order valence-corrected chi connectivity index (χ0v) is 11.0. The van der Waals surface area contributed by atoms with E-state index in [0.717, 1.165) is 0 Å². The van der Waals surface area contributed by atoms with Crippen molar-refractivity contribution in [3.63, 3.8) is 0 Å². The Morgan fingerprint density at radius 3 is 2.39 bits per heavy atom. The largest absolute Gasteiger partial charge is 0.464 e. The Bertz CT molecular complexity index is 431. The number of hydrogen-bond acceptors (Lipinski definition) is 5. The van der Waals surface area contributed by atoms with Gasteiger partial charge in [0.2, 0.25) is 0 Å². The maximum absolute atomic E-state index is 11.6. The summed E-state index contributed by atoms with van der Waals surface area (Å²) in [6.07, 6.45) is 1.60. The van der Waals surface area contributed by atoms with Crippen molar-refractivity contribution in [1.29, 1.82) is 0 Å². The predicted octanol–water partition coefficient (Wildman–Crippen LogP) is 1.75. The van der Waals surface area contributed by atoms with Gasteiger partial charge in [0, 0.05) is 6.20 Å². The average Bonchev–Trinajstić information content (AvgIpc) is 2.26. The van der Waals surface area contributed by atoms with Crippen LogP contribution in [0.4, 0.5) is 0 Å². The summed E-state index contributed by atoms with van der Waals surface area (Å²) in [4.78, 5) is 26.6. The first-order valence-corrected chi connectivity index (χ1v) is 5.57. The number of rotatable bonds is 3. The highest BCUT2D eigenvalue weighted by molar-refractivity contribution is 5.87. The molecule has 1 rings (SSSR count). The molecule has 0 aliphatic rings. The number of carbonyl (C=O) groups is 2. The van der Waals surface area contributed by atoms with Gasteiger partial charge in [0.15, 0.2) is 0 Å². The summed E-state index contributed by atoms with van der Waals surface area (Å²) in [5.41, 5.74) is 0.401. The number of esters is 2. The molecule has 0 aliphatic heterocycles. The monoisotopic (exact) mass is 251 g/mol. The van der Waals surface area contributed by atoms with Gasteiger partial charge in [-0.1, -0.05) is 6.07 Å². The molecule has 0 spiro atoms. The van der Waals surface area contributed by atoms with Gasteiger partial charge in [-0.25, -0.2) is 9.78 Å². The second kappa shape index (κ2) is 5.62. The van der Waals surface area contributed by atoms with Gasteiger partial charge in [0.05, 0.1) is 13.5 Å². The van der Waals surface area contributed by atoms with Crippen LogP contribution in [0.2, 0.25) is 0 Å². The molecule has 18 heavy (non-hydrogen) atoms. The number of methoxy groups -OCH3 is 1. The molecule has 1 heterocycles. The van der Waals surface area contributed by atoms with Crippen molar-refractivity contribution in [3.05, 3.63) is 29.6 Å². The highest BCUT2D eigenvalue weighted by atomic mass is 16.6. The molecule has 1 aromatic rings. The molecule has 0 radical (unpaired) electrons. The Hall–Kier alpha value is -1.91. The molecule has 0 fully saturated rings. The van der Waals surface area contributed by atoms with Crippen molar-refractivity contribution >= 4 is 11.9 Å². The van der Waals surface area contributed by atoms with Crippen LogP contribution in [0.5, 0.6) is 0 Å². The molecule has 0 atom stereocenters. The Morgan fingerprint density at radius 2 is 1.94 bits per heavy atom. The zero-order chi connectivity index (χ0) is 13.8. The molecular weight excluding hydrogens is 234 g/mol. The third kappa shape index (κ3) is 4.53. The summed E-state index contributed by atoms with van der Waals surface area (Å²) in [7, 11) is 1.29. The fourth-order valence-electron chi connectivity index (χ4n) is 1.30. The highest BCUT2D eigenvalue weighted by Crippen LogP contribution is 2.10. The molecule has 0 aliphatic carbocycles. The normalized spacial score (nSPS) is 10.9. The van der Waals surface area contributed by atoms with Gasteiger partial charge in [-0.2, -0.15) is 0 Å². The maximum Gasteiger partial charge on any atom is 0.356 e. The second-order valence-electron chi connectivity index (χ2n) is 4.81. The molecule has 0 saturated heterocycles. The number of nitrogens with zero attached hydrogens (tertiary/aromatic N) is 1. The van der Waals surface area contributed by atoms with E-state index in [1.165, 1.54) is 19.4 Å². The molecule has 0 saturated carbocycles. The molecular formula is C13H17NO4. The minimum Gasteiger partial charge on any atom is -0.464 e. The van der Waals surface area contributed by atoms with Gasteiger partial charge in [-0.3, -0.25) is 4.79 Å². The minimum absolute atomic E-state index is 0.131. The molecule has 0 N–H and O–H groups in total. The lowest BCUT2D eigenvalue weighted by Gasteiger charge is -2.19. The SMILES string of the molecule is COC(=O)c1ccc(CC(=O)OC(C)(C)C)cn1. The smallest absolute Gasteiger partial charge is 0.356 e. The van der Waals surface area contributed by atoms with Gasteiger partial charge >= 0.3 is 11.9 Å². The van der Waals surface area contributed by atoms with Crippen LogP contribution in [0.3, 0.4) is 0 Å². The fourth-order valence-corrected chi connectivity index (χ4v) is 1.30. The van der Waals surface area contributed by atoms with Crippen molar-refractivity contribution in [2.24, 2.45) is 0 Å². The van der Waals surface area contributed by atoms with Crippen LogP contribution >= 0.6 is 0 Å². The lowest BCUT2D eigenvalue weighted by atomic mass is 10.1. The Labute approximate surface area is 106 Å². The third-order valence-electron chi connectivity index (χ3n) is 1.99.